The van der Waals surface area contributed by atoms with Crippen molar-refractivity contribution in [2.24, 2.45) is 5.92 Å². The number of thioether (sulfide) groups is 1. The first-order chi connectivity index (χ1) is 8.58. The van der Waals surface area contributed by atoms with Gasteiger partial charge in [-0.2, -0.15) is 0 Å². The van der Waals surface area contributed by atoms with Crippen molar-refractivity contribution in [2.45, 2.75) is 31.2 Å². The highest BCUT2D eigenvalue weighted by molar-refractivity contribution is 7.98. The molecular formula is C14H20ClNOS. The van der Waals surface area contributed by atoms with E-state index in [-0.39, 0.29) is 11.9 Å². The highest BCUT2D eigenvalue weighted by atomic mass is 35.5. The Morgan fingerprint density at radius 3 is 2.61 bits per heavy atom. The van der Waals surface area contributed by atoms with Crippen LogP contribution in [0.15, 0.2) is 29.2 Å². The maximum Gasteiger partial charge on any atom is 0.252 e. The molecule has 0 saturated carbocycles. The predicted molar refractivity (Wildman–Crippen MR) is 79.7 cm³/mol. The summed E-state index contributed by atoms with van der Waals surface area (Å²) in [7, 11) is 0. The minimum Gasteiger partial charge on any atom is -0.348 e. The molecule has 1 rings (SSSR count). The van der Waals surface area contributed by atoms with E-state index in [1.54, 1.807) is 11.8 Å². The van der Waals surface area contributed by atoms with Crippen molar-refractivity contribution in [1.29, 1.82) is 0 Å². The second kappa shape index (κ2) is 7.70. The van der Waals surface area contributed by atoms with E-state index < -0.39 is 0 Å². The van der Waals surface area contributed by atoms with Crippen LogP contribution < -0.4 is 5.32 Å². The van der Waals surface area contributed by atoms with Crippen LogP contribution in [0.1, 0.15) is 30.6 Å². The zero-order valence-electron chi connectivity index (χ0n) is 11.1. The number of benzene rings is 1. The molecule has 0 fully saturated rings. The van der Waals surface area contributed by atoms with Gasteiger partial charge in [-0.3, -0.25) is 4.79 Å². The molecule has 0 aliphatic rings. The van der Waals surface area contributed by atoms with Gasteiger partial charge in [-0.15, -0.1) is 23.4 Å². The van der Waals surface area contributed by atoms with E-state index in [0.717, 1.165) is 16.9 Å². The third-order valence-electron chi connectivity index (χ3n) is 2.63. The molecule has 0 aromatic heterocycles. The molecule has 1 atom stereocenters. The zero-order chi connectivity index (χ0) is 13.5. The Morgan fingerprint density at radius 1 is 1.39 bits per heavy atom. The molecule has 1 N–H and O–H groups in total. The molecular weight excluding hydrogens is 266 g/mol. The Balaban J connectivity index is 2.74. The normalized spacial score (nSPS) is 12.5. The molecule has 4 heteroatoms. The van der Waals surface area contributed by atoms with Crippen LogP contribution in [0.25, 0.3) is 0 Å². The average molecular weight is 286 g/mol. The van der Waals surface area contributed by atoms with Gasteiger partial charge in [-0.05, 0) is 30.7 Å². The van der Waals surface area contributed by atoms with E-state index in [0.29, 0.717) is 11.8 Å². The highest BCUT2D eigenvalue weighted by Gasteiger charge is 2.16. The van der Waals surface area contributed by atoms with Gasteiger partial charge in [0.25, 0.3) is 5.91 Å². The predicted octanol–water partition coefficient (Wildman–Crippen LogP) is 3.79. The molecule has 0 radical (unpaired) electrons. The first kappa shape index (κ1) is 15.4. The van der Waals surface area contributed by atoms with Crippen LogP contribution in [0.3, 0.4) is 0 Å². The fraction of sp³-hybridized carbons (Fsp3) is 0.500. The lowest BCUT2D eigenvalue weighted by molar-refractivity contribution is 0.0933. The van der Waals surface area contributed by atoms with Gasteiger partial charge in [0, 0.05) is 16.8 Å². The summed E-state index contributed by atoms with van der Waals surface area (Å²) >= 11 is 7.48. The van der Waals surface area contributed by atoms with Crippen molar-refractivity contribution in [3.05, 3.63) is 29.8 Å². The van der Waals surface area contributed by atoms with Gasteiger partial charge in [0.1, 0.15) is 0 Å². The Labute approximate surface area is 118 Å². The van der Waals surface area contributed by atoms with Crippen LogP contribution in [0, 0.1) is 5.92 Å². The Bertz CT molecular complexity index is 395. The largest absolute Gasteiger partial charge is 0.348 e. The van der Waals surface area contributed by atoms with Gasteiger partial charge < -0.3 is 5.32 Å². The molecule has 2 nitrogen and oxygen atoms in total. The first-order valence-corrected chi connectivity index (χ1v) is 7.84. The molecule has 1 unspecified atom stereocenters. The molecule has 1 amide bonds. The second-order valence-corrected chi connectivity index (χ2v) is 5.81. The second-order valence-electron chi connectivity index (χ2n) is 4.65. The molecule has 0 spiro atoms. The number of hydrogen-bond acceptors (Lipinski definition) is 2. The van der Waals surface area contributed by atoms with Gasteiger partial charge in [0.2, 0.25) is 0 Å². The van der Waals surface area contributed by atoms with E-state index in [2.05, 4.69) is 19.2 Å². The van der Waals surface area contributed by atoms with Crippen LogP contribution in [0.5, 0.6) is 0 Å². The Morgan fingerprint density at radius 2 is 2.06 bits per heavy atom. The number of carbonyl (C=O) groups is 1. The van der Waals surface area contributed by atoms with Crippen molar-refractivity contribution in [3.8, 4) is 0 Å². The fourth-order valence-corrected chi connectivity index (χ4v) is 2.62. The number of carbonyl (C=O) groups excluding carboxylic acids is 1. The van der Waals surface area contributed by atoms with E-state index in [4.69, 9.17) is 11.6 Å². The molecule has 0 heterocycles. The molecule has 0 aliphatic heterocycles. The maximum absolute atomic E-state index is 12.2. The van der Waals surface area contributed by atoms with E-state index >= 15 is 0 Å². The quantitative estimate of drug-likeness (QED) is 0.636. The number of amides is 1. The summed E-state index contributed by atoms with van der Waals surface area (Å²) in [6.07, 6.45) is 2.87. The lowest BCUT2D eigenvalue weighted by Gasteiger charge is -2.18. The highest BCUT2D eigenvalue weighted by Crippen LogP contribution is 2.20. The van der Waals surface area contributed by atoms with E-state index in [1.165, 1.54) is 0 Å². The van der Waals surface area contributed by atoms with Gasteiger partial charge in [-0.1, -0.05) is 26.0 Å². The summed E-state index contributed by atoms with van der Waals surface area (Å²) < 4.78 is 0. The van der Waals surface area contributed by atoms with Crippen LogP contribution >= 0.6 is 23.4 Å². The minimum absolute atomic E-state index is 0.0359. The van der Waals surface area contributed by atoms with Crippen molar-refractivity contribution in [3.63, 3.8) is 0 Å². The molecule has 0 aliphatic carbocycles. The van der Waals surface area contributed by atoms with Crippen LogP contribution in [0.2, 0.25) is 0 Å². The minimum atomic E-state index is -0.0359. The number of alkyl halides is 1. The zero-order valence-corrected chi connectivity index (χ0v) is 12.6. The topological polar surface area (TPSA) is 29.1 Å². The molecule has 1 aromatic rings. The van der Waals surface area contributed by atoms with Gasteiger partial charge in [0.15, 0.2) is 0 Å². The van der Waals surface area contributed by atoms with E-state index in [9.17, 15) is 4.79 Å². The summed E-state index contributed by atoms with van der Waals surface area (Å²) in [5, 5.41) is 3.00. The third kappa shape index (κ3) is 4.54. The van der Waals surface area contributed by atoms with E-state index in [1.807, 2.05) is 30.5 Å². The number of halogens is 1. The Hall–Kier alpha value is -0.670. The van der Waals surface area contributed by atoms with Crippen LogP contribution in [0.4, 0.5) is 0 Å². The van der Waals surface area contributed by atoms with Gasteiger partial charge in [-0.25, -0.2) is 0 Å². The van der Waals surface area contributed by atoms with Gasteiger partial charge >= 0.3 is 0 Å². The maximum atomic E-state index is 12.2. The van der Waals surface area contributed by atoms with Crippen LogP contribution in [-0.4, -0.2) is 24.1 Å². The lowest BCUT2D eigenvalue weighted by Crippen LogP contribution is -2.37. The fourth-order valence-electron chi connectivity index (χ4n) is 1.82. The van der Waals surface area contributed by atoms with Gasteiger partial charge in [0.05, 0.1) is 5.56 Å². The Kier molecular flexibility index (Phi) is 6.58. The summed E-state index contributed by atoms with van der Waals surface area (Å²) in [5.41, 5.74) is 0.726. The molecule has 0 bridgehead atoms. The number of hydrogen-bond donors (Lipinski definition) is 1. The summed E-state index contributed by atoms with van der Waals surface area (Å²) in [6.45, 7) is 4.25. The summed E-state index contributed by atoms with van der Waals surface area (Å²) in [5.74, 6) is 0.932. The van der Waals surface area contributed by atoms with Crippen molar-refractivity contribution >= 4 is 29.3 Å². The average Bonchev–Trinajstić information content (AvgIpc) is 2.37. The molecule has 18 heavy (non-hydrogen) atoms. The molecule has 0 saturated heterocycles. The van der Waals surface area contributed by atoms with Crippen molar-refractivity contribution < 1.29 is 4.79 Å². The molecule has 100 valence electrons. The summed E-state index contributed by atoms with van der Waals surface area (Å²) in [4.78, 5) is 13.2. The van der Waals surface area contributed by atoms with Crippen molar-refractivity contribution in [1.82, 2.24) is 5.32 Å². The number of nitrogens with one attached hydrogen (secondary N) is 1. The first-order valence-electron chi connectivity index (χ1n) is 6.08. The van der Waals surface area contributed by atoms with Crippen LogP contribution in [-0.2, 0) is 0 Å². The molecule has 1 aromatic carbocycles. The smallest absolute Gasteiger partial charge is 0.252 e. The standard InChI is InChI=1S/C14H20ClNOS/c1-10(2)8-11(9-15)16-14(17)12-6-4-5-7-13(12)18-3/h4-7,10-11H,8-9H2,1-3H3,(H,16,17). The monoisotopic (exact) mass is 285 g/mol. The number of rotatable bonds is 6. The third-order valence-corrected chi connectivity index (χ3v) is 3.80. The summed E-state index contributed by atoms with van der Waals surface area (Å²) in [6, 6.07) is 7.66. The SMILES string of the molecule is CSc1ccccc1C(=O)NC(CCl)CC(C)C. The lowest BCUT2D eigenvalue weighted by atomic mass is 10.0. The van der Waals surface area contributed by atoms with Crippen molar-refractivity contribution in [2.75, 3.05) is 12.1 Å².